The number of aromatic nitrogens is 2. The topological polar surface area (TPSA) is 148 Å². The minimum absolute atomic E-state index is 0.0599. The zero-order valence-electron chi connectivity index (χ0n) is 20.5. The second-order valence-electron chi connectivity index (χ2n) is 9.10. The first-order valence-electron chi connectivity index (χ1n) is 12.1. The van der Waals surface area contributed by atoms with Crippen LogP contribution in [0.1, 0.15) is 50.0 Å². The van der Waals surface area contributed by atoms with E-state index in [4.69, 9.17) is 9.84 Å². The van der Waals surface area contributed by atoms with Gasteiger partial charge in [-0.3, -0.25) is 9.59 Å². The SMILES string of the molecule is COc1ccc2nc(NC(=O)C(CC3CCCC3)c3ccc(S(=O)(=O)CNCCC(=O)O)cc3)sc2n1. The Morgan fingerprint density at radius 1 is 1.14 bits per heavy atom. The molecule has 0 bridgehead atoms. The fraction of sp³-hybridized carbons (Fsp3) is 0.440. The highest BCUT2D eigenvalue weighted by Gasteiger charge is 2.28. The fourth-order valence-electron chi connectivity index (χ4n) is 4.53. The number of anilines is 1. The number of hydrogen-bond acceptors (Lipinski definition) is 9. The molecule has 12 heteroatoms. The van der Waals surface area contributed by atoms with Crippen molar-refractivity contribution < 1.29 is 27.9 Å². The molecule has 3 N–H and O–H groups in total. The molecule has 10 nitrogen and oxygen atoms in total. The number of carbonyl (C=O) groups is 2. The third-order valence-corrected chi connectivity index (χ3v) is 8.93. The zero-order chi connectivity index (χ0) is 26.4. The number of thiazole rings is 1. The molecule has 198 valence electrons. The number of carboxylic acids is 1. The number of nitrogens with one attached hydrogen (secondary N) is 2. The molecule has 0 aliphatic heterocycles. The van der Waals surface area contributed by atoms with Crippen LogP contribution in [0.3, 0.4) is 0 Å². The standard InChI is InChI=1S/C25H30N4O6S2/c1-35-21-11-10-20-24(28-21)36-25(27-20)29-23(32)19(14-16-4-2-3-5-16)17-6-8-18(9-7-17)37(33,34)15-26-13-12-22(30)31/h6-11,16,19,26H,2-5,12-15H2,1H3,(H,30,31)(H,27,29,32). The molecule has 1 unspecified atom stereocenters. The van der Waals surface area contributed by atoms with Gasteiger partial charge in [0, 0.05) is 12.6 Å². The van der Waals surface area contributed by atoms with Gasteiger partial charge in [0.1, 0.15) is 16.2 Å². The van der Waals surface area contributed by atoms with Gasteiger partial charge >= 0.3 is 5.97 Å². The van der Waals surface area contributed by atoms with Crippen molar-refractivity contribution in [2.45, 2.75) is 49.3 Å². The normalized spacial score (nSPS) is 15.1. The van der Waals surface area contributed by atoms with Crippen molar-refractivity contribution in [1.82, 2.24) is 15.3 Å². The number of rotatable bonds is 12. The number of carboxylic acid groups (broad SMARTS) is 1. The third kappa shape index (κ3) is 7.02. The van der Waals surface area contributed by atoms with Crippen LogP contribution < -0.4 is 15.4 Å². The van der Waals surface area contributed by atoms with E-state index in [1.54, 1.807) is 24.3 Å². The van der Waals surface area contributed by atoms with Crippen LogP contribution in [-0.2, 0) is 19.4 Å². The van der Waals surface area contributed by atoms with Gasteiger partial charge in [-0.25, -0.2) is 18.4 Å². The molecular weight excluding hydrogens is 516 g/mol. The van der Waals surface area contributed by atoms with Gasteiger partial charge in [0.05, 0.1) is 24.3 Å². The number of pyridine rings is 1. The number of hydrogen-bond donors (Lipinski definition) is 3. The van der Waals surface area contributed by atoms with Gasteiger partial charge in [-0.1, -0.05) is 49.2 Å². The predicted molar refractivity (Wildman–Crippen MR) is 141 cm³/mol. The van der Waals surface area contributed by atoms with Crippen LogP contribution in [0.4, 0.5) is 5.13 Å². The average Bonchev–Trinajstić information content (AvgIpc) is 3.54. The molecule has 0 saturated heterocycles. The number of ether oxygens (including phenoxy) is 1. The first-order chi connectivity index (χ1) is 17.7. The van der Waals surface area contributed by atoms with Crippen LogP contribution in [0.25, 0.3) is 10.3 Å². The van der Waals surface area contributed by atoms with Gasteiger partial charge in [-0.05, 0) is 36.1 Å². The maximum atomic E-state index is 13.4. The van der Waals surface area contributed by atoms with Crippen LogP contribution in [0.2, 0.25) is 0 Å². The molecule has 2 aromatic heterocycles. The molecule has 1 aromatic carbocycles. The first-order valence-corrected chi connectivity index (χ1v) is 14.6. The summed E-state index contributed by atoms with van der Waals surface area (Å²) in [4.78, 5) is 33.7. The average molecular weight is 547 g/mol. The van der Waals surface area contributed by atoms with Gasteiger partial charge < -0.3 is 20.5 Å². The zero-order valence-corrected chi connectivity index (χ0v) is 22.1. The lowest BCUT2D eigenvalue weighted by molar-refractivity contribution is -0.136. The van der Waals surface area contributed by atoms with Crippen molar-refractivity contribution in [1.29, 1.82) is 0 Å². The fourth-order valence-corrected chi connectivity index (χ4v) is 6.49. The van der Waals surface area contributed by atoms with E-state index in [-0.39, 0.29) is 29.6 Å². The third-order valence-electron chi connectivity index (χ3n) is 6.48. The molecule has 2 heterocycles. The highest BCUT2D eigenvalue weighted by molar-refractivity contribution is 7.91. The monoisotopic (exact) mass is 546 g/mol. The van der Waals surface area contributed by atoms with E-state index in [2.05, 4.69) is 20.6 Å². The van der Waals surface area contributed by atoms with Crippen LogP contribution >= 0.6 is 11.3 Å². The number of amides is 1. The Kier molecular flexibility index (Phi) is 8.72. The van der Waals surface area contributed by atoms with E-state index in [1.165, 1.54) is 30.6 Å². The van der Waals surface area contributed by atoms with Gasteiger partial charge in [0.15, 0.2) is 15.0 Å². The number of fused-ring (bicyclic) bond motifs is 1. The maximum Gasteiger partial charge on any atom is 0.304 e. The van der Waals surface area contributed by atoms with Gasteiger partial charge in [-0.15, -0.1) is 0 Å². The quantitative estimate of drug-likeness (QED) is 0.289. The number of carbonyl (C=O) groups excluding carboxylic acids is 1. The lowest BCUT2D eigenvalue weighted by Gasteiger charge is -2.20. The van der Waals surface area contributed by atoms with Crippen molar-refractivity contribution in [3.8, 4) is 5.88 Å². The summed E-state index contributed by atoms with van der Waals surface area (Å²) in [6.45, 7) is 0.0599. The van der Waals surface area contributed by atoms with Crippen LogP contribution in [-0.4, -0.2) is 54.9 Å². The first kappa shape index (κ1) is 27.0. The minimum atomic E-state index is -3.64. The van der Waals surface area contributed by atoms with Crippen LogP contribution in [0.15, 0.2) is 41.3 Å². The molecule has 1 amide bonds. The summed E-state index contributed by atoms with van der Waals surface area (Å²) in [5.74, 6) is -1.10. The molecular formula is C25H30N4O6S2. The highest BCUT2D eigenvalue weighted by Crippen LogP contribution is 2.36. The van der Waals surface area contributed by atoms with Crippen molar-refractivity contribution in [3.05, 3.63) is 42.0 Å². The van der Waals surface area contributed by atoms with E-state index < -0.39 is 21.7 Å². The molecule has 0 spiro atoms. The largest absolute Gasteiger partial charge is 0.481 e. The summed E-state index contributed by atoms with van der Waals surface area (Å²) in [5, 5.41) is 14.7. The number of nitrogens with zero attached hydrogens (tertiary/aromatic N) is 2. The van der Waals surface area contributed by atoms with Crippen molar-refractivity contribution in [2.75, 3.05) is 24.8 Å². The van der Waals surface area contributed by atoms with Crippen molar-refractivity contribution >= 4 is 48.5 Å². The van der Waals surface area contributed by atoms with Crippen molar-refractivity contribution in [2.24, 2.45) is 5.92 Å². The number of sulfone groups is 1. The summed E-state index contributed by atoms with van der Waals surface area (Å²) in [6, 6.07) is 9.90. The van der Waals surface area contributed by atoms with Gasteiger partial charge in [0.25, 0.3) is 0 Å². The minimum Gasteiger partial charge on any atom is -0.481 e. The Labute approximate surface area is 219 Å². The molecule has 1 atom stereocenters. The molecule has 0 radical (unpaired) electrons. The Bertz CT molecular complexity index is 1350. The molecule has 3 aromatic rings. The number of methoxy groups -OCH3 is 1. The Balaban J connectivity index is 1.50. The van der Waals surface area contributed by atoms with Crippen LogP contribution in [0, 0.1) is 5.92 Å². The van der Waals surface area contributed by atoms with E-state index in [1.807, 2.05) is 0 Å². The summed E-state index contributed by atoms with van der Waals surface area (Å²) >= 11 is 1.27. The van der Waals surface area contributed by atoms with E-state index in [9.17, 15) is 18.0 Å². The Hall–Kier alpha value is -3.09. The van der Waals surface area contributed by atoms with Gasteiger partial charge in [0.2, 0.25) is 11.8 Å². The number of benzene rings is 1. The van der Waals surface area contributed by atoms with E-state index >= 15 is 0 Å². The lowest BCUT2D eigenvalue weighted by Crippen LogP contribution is -2.26. The predicted octanol–water partition coefficient (Wildman–Crippen LogP) is 3.80. The lowest BCUT2D eigenvalue weighted by atomic mass is 9.87. The van der Waals surface area contributed by atoms with Crippen molar-refractivity contribution in [3.63, 3.8) is 0 Å². The second kappa shape index (κ2) is 12.0. The number of aliphatic carboxylic acids is 1. The Morgan fingerprint density at radius 3 is 2.54 bits per heavy atom. The summed E-state index contributed by atoms with van der Waals surface area (Å²) in [6.07, 6.45) is 4.95. The summed E-state index contributed by atoms with van der Waals surface area (Å²) < 4.78 is 30.4. The van der Waals surface area contributed by atoms with E-state index in [0.717, 1.165) is 31.2 Å². The Morgan fingerprint density at radius 2 is 1.86 bits per heavy atom. The molecule has 1 aliphatic carbocycles. The smallest absolute Gasteiger partial charge is 0.304 e. The summed E-state index contributed by atoms with van der Waals surface area (Å²) in [7, 11) is -2.10. The highest BCUT2D eigenvalue weighted by atomic mass is 32.2. The molecule has 1 saturated carbocycles. The second-order valence-corrected chi connectivity index (χ2v) is 12.1. The molecule has 4 rings (SSSR count). The maximum absolute atomic E-state index is 13.4. The van der Waals surface area contributed by atoms with E-state index in [0.29, 0.717) is 33.7 Å². The summed E-state index contributed by atoms with van der Waals surface area (Å²) in [5.41, 5.74) is 1.41. The van der Waals surface area contributed by atoms with Gasteiger partial charge in [-0.2, -0.15) is 0 Å². The molecule has 1 fully saturated rings. The molecule has 37 heavy (non-hydrogen) atoms. The molecule has 1 aliphatic rings. The van der Waals surface area contributed by atoms with Crippen LogP contribution in [0.5, 0.6) is 5.88 Å².